The molecule has 0 unspecified atom stereocenters. The van der Waals surface area contributed by atoms with Gasteiger partial charge in [0.05, 0.1) is 5.69 Å². The number of carbonyl (C=O) groups is 1. The maximum atomic E-state index is 13.8. The third-order valence-electron chi connectivity index (χ3n) is 5.28. The van der Waals surface area contributed by atoms with Gasteiger partial charge in [-0.1, -0.05) is 30.3 Å². The molecule has 7 nitrogen and oxygen atoms in total. The predicted octanol–water partition coefficient (Wildman–Crippen LogP) is 3.74. The van der Waals surface area contributed by atoms with E-state index >= 15 is 0 Å². The van der Waals surface area contributed by atoms with Gasteiger partial charge in [0.2, 0.25) is 11.7 Å². The fourth-order valence-corrected chi connectivity index (χ4v) is 3.63. The highest BCUT2D eigenvalue weighted by atomic mass is 19.1. The predicted molar refractivity (Wildman–Crippen MR) is 116 cm³/mol. The molecular formula is C23H21F2N5O2. The number of fused-ring (bicyclic) bond motifs is 1. The summed E-state index contributed by atoms with van der Waals surface area (Å²) in [4.78, 5) is 30.0. The van der Waals surface area contributed by atoms with E-state index in [1.54, 1.807) is 6.92 Å². The van der Waals surface area contributed by atoms with Gasteiger partial charge in [-0.05, 0) is 32.4 Å². The lowest BCUT2D eigenvalue weighted by molar-refractivity contribution is -0.116. The van der Waals surface area contributed by atoms with Gasteiger partial charge in [0.15, 0.2) is 5.82 Å². The quantitative estimate of drug-likeness (QED) is 0.498. The molecule has 0 radical (unpaired) electrons. The molecule has 9 heteroatoms. The molecular weight excluding hydrogens is 416 g/mol. The summed E-state index contributed by atoms with van der Waals surface area (Å²) in [5, 5.41) is 6.81. The third-order valence-corrected chi connectivity index (χ3v) is 5.28. The monoisotopic (exact) mass is 437 g/mol. The molecule has 4 aromatic rings. The van der Waals surface area contributed by atoms with Gasteiger partial charge in [0.1, 0.15) is 11.6 Å². The lowest BCUT2D eigenvalue weighted by Gasteiger charge is -2.13. The normalized spacial score (nSPS) is 11.1. The largest absolute Gasteiger partial charge is 0.324 e. The minimum atomic E-state index is -0.861. The average molecular weight is 437 g/mol. The summed E-state index contributed by atoms with van der Waals surface area (Å²) in [7, 11) is 0. The highest BCUT2D eigenvalue weighted by molar-refractivity contribution is 5.90. The lowest BCUT2D eigenvalue weighted by Crippen LogP contribution is -2.27. The number of aryl methyl sites for hydroxylation is 1. The van der Waals surface area contributed by atoms with Crippen LogP contribution in [0.5, 0.6) is 0 Å². The highest BCUT2D eigenvalue weighted by Crippen LogP contribution is 2.18. The van der Waals surface area contributed by atoms with Crippen molar-refractivity contribution >= 4 is 17.4 Å². The van der Waals surface area contributed by atoms with Crippen molar-refractivity contribution in [2.45, 2.75) is 33.2 Å². The number of amides is 1. The Labute approximate surface area is 182 Å². The van der Waals surface area contributed by atoms with Gasteiger partial charge in [-0.3, -0.25) is 9.59 Å². The zero-order valence-electron chi connectivity index (χ0n) is 17.6. The van der Waals surface area contributed by atoms with Crippen molar-refractivity contribution < 1.29 is 13.6 Å². The van der Waals surface area contributed by atoms with Crippen LogP contribution in [0.3, 0.4) is 0 Å². The van der Waals surface area contributed by atoms with Gasteiger partial charge in [-0.2, -0.15) is 9.50 Å². The number of carbonyl (C=O) groups excluding carboxylic acids is 1. The van der Waals surface area contributed by atoms with Crippen molar-refractivity contribution in [3.63, 3.8) is 0 Å². The summed E-state index contributed by atoms with van der Waals surface area (Å²) < 4.78 is 30.0. The Kier molecular flexibility index (Phi) is 5.81. The van der Waals surface area contributed by atoms with Crippen LogP contribution in [-0.2, 0) is 17.8 Å². The van der Waals surface area contributed by atoms with E-state index in [9.17, 15) is 18.4 Å². The number of halogens is 2. The number of nitrogens with zero attached hydrogens (tertiary/aromatic N) is 4. The maximum Gasteiger partial charge on any atom is 0.279 e. The Morgan fingerprint density at radius 2 is 1.88 bits per heavy atom. The van der Waals surface area contributed by atoms with Crippen molar-refractivity contribution in [2.75, 3.05) is 5.32 Å². The van der Waals surface area contributed by atoms with Crippen LogP contribution in [0.25, 0.3) is 17.2 Å². The van der Waals surface area contributed by atoms with Crippen LogP contribution in [0.1, 0.15) is 24.6 Å². The molecule has 164 valence electrons. The molecule has 1 amide bonds. The Morgan fingerprint density at radius 1 is 1.12 bits per heavy atom. The van der Waals surface area contributed by atoms with Crippen molar-refractivity contribution in [1.82, 2.24) is 19.2 Å². The van der Waals surface area contributed by atoms with Gasteiger partial charge >= 0.3 is 0 Å². The first-order valence-corrected chi connectivity index (χ1v) is 10.2. The van der Waals surface area contributed by atoms with E-state index in [0.29, 0.717) is 35.5 Å². The number of hydrogen-bond acceptors (Lipinski definition) is 4. The first-order valence-electron chi connectivity index (χ1n) is 10.2. The number of hydrogen-bond donors (Lipinski definition) is 1. The summed E-state index contributed by atoms with van der Waals surface area (Å²) in [6.07, 6.45) is 0.0815. The van der Waals surface area contributed by atoms with E-state index in [2.05, 4.69) is 15.4 Å². The number of aromatic nitrogens is 4. The summed E-state index contributed by atoms with van der Waals surface area (Å²) in [6.45, 7) is 4.29. The van der Waals surface area contributed by atoms with E-state index in [1.807, 2.05) is 41.8 Å². The molecule has 0 aliphatic heterocycles. The van der Waals surface area contributed by atoms with Crippen molar-refractivity contribution in [3.05, 3.63) is 81.8 Å². The summed E-state index contributed by atoms with van der Waals surface area (Å²) in [6, 6.07) is 12.3. The molecule has 0 fully saturated rings. The van der Waals surface area contributed by atoms with Crippen LogP contribution in [0.2, 0.25) is 0 Å². The van der Waals surface area contributed by atoms with E-state index < -0.39 is 17.5 Å². The lowest BCUT2D eigenvalue weighted by atomic mass is 10.1. The summed E-state index contributed by atoms with van der Waals surface area (Å²) >= 11 is 0. The Hall–Kier alpha value is -3.88. The van der Waals surface area contributed by atoms with Crippen LogP contribution in [0.15, 0.2) is 53.3 Å². The van der Waals surface area contributed by atoms with E-state index in [-0.39, 0.29) is 24.1 Å². The van der Waals surface area contributed by atoms with Crippen molar-refractivity contribution in [1.29, 1.82) is 0 Å². The fraction of sp³-hybridized carbons (Fsp3) is 0.217. The number of nitrogens with one attached hydrogen (secondary N) is 1. The zero-order valence-corrected chi connectivity index (χ0v) is 17.6. The standard InChI is InChI=1S/C23H21F2N5O2/c1-3-29-14(2)17(10-12-20(31)26-19-11-9-16(24)13-18(19)25)22(32)30-23(29)27-21(28-30)15-7-5-4-6-8-15/h4-9,11,13H,3,10,12H2,1-2H3,(H,26,31). The second-order valence-corrected chi connectivity index (χ2v) is 7.30. The molecule has 1 N–H and O–H groups in total. The van der Waals surface area contributed by atoms with Crippen molar-refractivity contribution in [2.24, 2.45) is 0 Å². The van der Waals surface area contributed by atoms with Crippen molar-refractivity contribution in [3.8, 4) is 11.4 Å². The molecule has 0 aliphatic carbocycles. The summed E-state index contributed by atoms with van der Waals surface area (Å²) in [5.74, 6) is -1.21. The van der Waals surface area contributed by atoms with E-state index in [1.165, 1.54) is 4.52 Å². The molecule has 0 spiro atoms. The molecule has 2 aromatic carbocycles. The number of rotatable bonds is 6. The van der Waals surface area contributed by atoms with E-state index in [4.69, 9.17) is 0 Å². The molecule has 4 rings (SSSR count). The van der Waals surface area contributed by atoms with Gasteiger partial charge in [0.25, 0.3) is 5.56 Å². The van der Waals surface area contributed by atoms with Gasteiger partial charge in [0, 0.05) is 35.9 Å². The minimum Gasteiger partial charge on any atom is -0.324 e. The topological polar surface area (TPSA) is 81.3 Å². The van der Waals surface area contributed by atoms with Crippen LogP contribution in [0, 0.1) is 18.6 Å². The van der Waals surface area contributed by atoms with E-state index in [0.717, 1.165) is 17.7 Å². The van der Waals surface area contributed by atoms with Gasteiger partial charge in [-0.25, -0.2) is 8.78 Å². The number of benzene rings is 2. The first-order chi connectivity index (χ1) is 15.4. The fourth-order valence-electron chi connectivity index (χ4n) is 3.63. The average Bonchev–Trinajstić information content (AvgIpc) is 3.22. The van der Waals surface area contributed by atoms with Gasteiger partial charge < -0.3 is 9.88 Å². The van der Waals surface area contributed by atoms with Crippen LogP contribution < -0.4 is 10.9 Å². The Bertz CT molecular complexity index is 1360. The molecule has 0 saturated carbocycles. The molecule has 2 aromatic heterocycles. The molecule has 2 heterocycles. The third kappa shape index (κ3) is 4.01. The molecule has 32 heavy (non-hydrogen) atoms. The smallest absolute Gasteiger partial charge is 0.279 e. The SMILES string of the molecule is CCn1c(C)c(CCC(=O)Nc2ccc(F)cc2F)c(=O)n2nc(-c3ccccc3)nc12. The molecule has 0 saturated heterocycles. The first kappa shape index (κ1) is 21.4. The molecule has 0 atom stereocenters. The number of anilines is 1. The Morgan fingerprint density at radius 3 is 2.56 bits per heavy atom. The summed E-state index contributed by atoms with van der Waals surface area (Å²) in [5.41, 5.74) is 1.45. The molecule has 0 aliphatic rings. The van der Waals surface area contributed by atoms with Crippen LogP contribution in [-0.4, -0.2) is 25.1 Å². The van der Waals surface area contributed by atoms with Crippen LogP contribution in [0.4, 0.5) is 14.5 Å². The second-order valence-electron chi connectivity index (χ2n) is 7.30. The highest BCUT2D eigenvalue weighted by Gasteiger charge is 2.19. The van der Waals surface area contributed by atoms with Crippen LogP contribution >= 0.6 is 0 Å². The zero-order chi connectivity index (χ0) is 22.8. The molecule has 0 bridgehead atoms. The second kappa shape index (κ2) is 8.70. The maximum absolute atomic E-state index is 13.8. The van der Waals surface area contributed by atoms with Gasteiger partial charge in [-0.15, -0.1) is 5.10 Å². The Balaban J connectivity index is 1.63. The minimum absolute atomic E-state index is 0.0532.